The summed E-state index contributed by atoms with van der Waals surface area (Å²) in [5.74, 6) is 0.396. The summed E-state index contributed by atoms with van der Waals surface area (Å²) in [6, 6.07) is 26.9. The molecule has 0 fully saturated rings. The number of para-hydroxylation sites is 2. The average Bonchev–Trinajstić information content (AvgIpc) is 2.72. The molecule has 138 valence electrons. The van der Waals surface area contributed by atoms with Gasteiger partial charge in [-0.3, -0.25) is 4.79 Å². The fraction of sp³-hybridized carbons (Fsp3) is 0.174. The molecule has 1 unspecified atom stereocenters. The topological polar surface area (TPSA) is 50.4 Å². The van der Waals surface area contributed by atoms with E-state index < -0.39 is 0 Å². The highest BCUT2D eigenvalue weighted by molar-refractivity contribution is 6.06. The van der Waals surface area contributed by atoms with Gasteiger partial charge in [0.15, 0.2) is 0 Å². The molecule has 0 heterocycles. The van der Waals surface area contributed by atoms with E-state index in [1.807, 2.05) is 85.9 Å². The van der Waals surface area contributed by atoms with Gasteiger partial charge in [0.25, 0.3) is 5.91 Å². The number of hydrogen-bond acceptors (Lipinski definition) is 3. The van der Waals surface area contributed by atoms with E-state index in [1.54, 1.807) is 6.07 Å². The Balaban J connectivity index is 1.82. The first kappa shape index (κ1) is 18.7. The monoisotopic (exact) mass is 360 g/mol. The summed E-state index contributed by atoms with van der Waals surface area (Å²) in [7, 11) is 1.92. The van der Waals surface area contributed by atoms with Crippen molar-refractivity contribution in [3.05, 3.63) is 96.1 Å². The van der Waals surface area contributed by atoms with Crippen LogP contribution in [0.15, 0.2) is 84.9 Å². The Kier molecular flexibility index (Phi) is 6.61. The molecule has 2 N–H and O–H groups in total. The first-order valence-corrected chi connectivity index (χ1v) is 9.09. The second-order valence-corrected chi connectivity index (χ2v) is 6.23. The maximum Gasteiger partial charge on any atom is 0.259 e. The Morgan fingerprint density at radius 3 is 2.22 bits per heavy atom. The number of carbonyl (C=O) groups excluding carboxylic acids is 1. The van der Waals surface area contributed by atoms with Crippen molar-refractivity contribution in [2.75, 3.05) is 18.9 Å². The van der Waals surface area contributed by atoms with E-state index in [2.05, 4.69) is 10.6 Å². The highest BCUT2D eigenvalue weighted by atomic mass is 16.5. The molecule has 1 amide bonds. The van der Waals surface area contributed by atoms with Crippen LogP contribution in [-0.4, -0.2) is 19.5 Å². The second-order valence-electron chi connectivity index (χ2n) is 6.23. The zero-order valence-electron chi connectivity index (χ0n) is 15.4. The molecule has 0 aliphatic carbocycles. The molecular weight excluding hydrogens is 336 g/mol. The van der Waals surface area contributed by atoms with E-state index in [-0.39, 0.29) is 12.0 Å². The Labute approximate surface area is 160 Å². The molecule has 4 nitrogen and oxygen atoms in total. The highest BCUT2D eigenvalue weighted by Crippen LogP contribution is 2.28. The number of carbonyl (C=O) groups is 1. The molecule has 3 rings (SSSR count). The second kappa shape index (κ2) is 9.55. The zero-order chi connectivity index (χ0) is 18.9. The van der Waals surface area contributed by atoms with Gasteiger partial charge in [-0.1, -0.05) is 60.7 Å². The summed E-state index contributed by atoms with van der Waals surface area (Å²) in [4.78, 5) is 12.8. The molecule has 27 heavy (non-hydrogen) atoms. The number of benzene rings is 3. The Bertz CT molecular complexity index is 851. The molecule has 0 aromatic heterocycles. The lowest BCUT2D eigenvalue weighted by Crippen LogP contribution is -2.18. The van der Waals surface area contributed by atoms with Crippen LogP contribution in [0.25, 0.3) is 0 Å². The van der Waals surface area contributed by atoms with Gasteiger partial charge in [0, 0.05) is 12.1 Å². The Morgan fingerprint density at radius 2 is 1.52 bits per heavy atom. The van der Waals surface area contributed by atoms with E-state index in [9.17, 15) is 4.79 Å². The summed E-state index contributed by atoms with van der Waals surface area (Å²) in [5, 5.41) is 6.09. The van der Waals surface area contributed by atoms with Crippen LogP contribution in [0.5, 0.6) is 5.75 Å². The first-order chi connectivity index (χ1) is 13.3. The molecule has 0 saturated carbocycles. The van der Waals surface area contributed by atoms with Crippen LogP contribution >= 0.6 is 0 Å². The van der Waals surface area contributed by atoms with Crippen LogP contribution in [0, 0.1) is 0 Å². The van der Waals surface area contributed by atoms with Crippen molar-refractivity contribution in [2.45, 2.75) is 12.5 Å². The minimum atomic E-state index is -0.183. The fourth-order valence-corrected chi connectivity index (χ4v) is 2.87. The molecule has 3 aromatic rings. The lowest BCUT2D eigenvalue weighted by Gasteiger charge is -2.21. The van der Waals surface area contributed by atoms with Gasteiger partial charge in [0.2, 0.25) is 0 Å². The number of anilines is 1. The smallest absolute Gasteiger partial charge is 0.259 e. The maximum atomic E-state index is 12.8. The van der Waals surface area contributed by atoms with Crippen molar-refractivity contribution in [2.24, 2.45) is 0 Å². The van der Waals surface area contributed by atoms with Crippen LogP contribution in [0.4, 0.5) is 5.69 Å². The first-order valence-electron chi connectivity index (χ1n) is 9.09. The Morgan fingerprint density at radius 1 is 0.889 bits per heavy atom. The van der Waals surface area contributed by atoms with Crippen molar-refractivity contribution < 1.29 is 9.53 Å². The molecule has 0 bridgehead atoms. The van der Waals surface area contributed by atoms with Gasteiger partial charge in [-0.15, -0.1) is 0 Å². The molecule has 1 atom stereocenters. The Hall–Kier alpha value is -3.11. The molecular formula is C23H24N2O2. The lowest BCUT2D eigenvalue weighted by atomic mass is 10.1. The van der Waals surface area contributed by atoms with Crippen LogP contribution in [0.1, 0.15) is 28.4 Å². The molecule has 4 heteroatoms. The van der Waals surface area contributed by atoms with Gasteiger partial charge < -0.3 is 15.4 Å². The lowest BCUT2D eigenvalue weighted by molar-refractivity contribution is 0.101. The van der Waals surface area contributed by atoms with E-state index in [0.29, 0.717) is 11.3 Å². The summed E-state index contributed by atoms with van der Waals surface area (Å²) in [5.41, 5.74) is 2.37. The number of nitrogens with one attached hydrogen (secondary N) is 2. The third-order valence-electron chi connectivity index (χ3n) is 4.26. The van der Waals surface area contributed by atoms with Crippen LogP contribution < -0.4 is 15.4 Å². The summed E-state index contributed by atoms with van der Waals surface area (Å²) >= 11 is 0. The third-order valence-corrected chi connectivity index (χ3v) is 4.26. The van der Waals surface area contributed by atoms with Crippen molar-refractivity contribution in [3.63, 3.8) is 0 Å². The van der Waals surface area contributed by atoms with Crippen molar-refractivity contribution in [1.82, 2.24) is 5.32 Å². The predicted molar refractivity (Wildman–Crippen MR) is 109 cm³/mol. The van der Waals surface area contributed by atoms with Gasteiger partial charge in [-0.05, 0) is 43.4 Å². The standard InChI is InChI=1S/C23H24N2O2/c1-24-17-16-21(18-10-4-2-5-11-18)27-22-15-9-8-14-20(22)23(26)25-19-12-6-3-7-13-19/h2-15,21,24H,16-17H2,1H3,(H,25,26). The minimum absolute atomic E-state index is 0.135. The summed E-state index contributed by atoms with van der Waals surface area (Å²) in [6.45, 7) is 0.817. The number of hydrogen-bond donors (Lipinski definition) is 2. The summed E-state index contributed by atoms with van der Waals surface area (Å²) in [6.07, 6.45) is 0.666. The van der Waals surface area contributed by atoms with Crippen molar-refractivity contribution in [1.29, 1.82) is 0 Å². The van der Waals surface area contributed by atoms with Crippen LogP contribution in [-0.2, 0) is 0 Å². The van der Waals surface area contributed by atoms with Crippen molar-refractivity contribution >= 4 is 11.6 Å². The number of rotatable bonds is 8. The predicted octanol–water partition coefficient (Wildman–Crippen LogP) is 4.67. The normalized spacial score (nSPS) is 11.6. The van der Waals surface area contributed by atoms with E-state index in [1.165, 1.54) is 0 Å². The number of ether oxygens (including phenoxy) is 1. The molecule has 3 aromatic carbocycles. The van der Waals surface area contributed by atoms with Gasteiger partial charge in [0.1, 0.15) is 11.9 Å². The molecule has 0 radical (unpaired) electrons. The molecule has 0 spiro atoms. The van der Waals surface area contributed by atoms with Gasteiger partial charge in [-0.25, -0.2) is 0 Å². The third kappa shape index (κ3) is 5.19. The van der Waals surface area contributed by atoms with Gasteiger partial charge in [0.05, 0.1) is 5.56 Å². The minimum Gasteiger partial charge on any atom is -0.485 e. The molecule has 0 saturated heterocycles. The van der Waals surface area contributed by atoms with E-state index >= 15 is 0 Å². The van der Waals surface area contributed by atoms with Gasteiger partial charge >= 0.3 is 0 Å². The van der Waals surface area contributed by atoms with Crippen LogP contribution in [0.2, 0.25) is 0 Å². The highest BCUT2D eigenvalue weighted by Gasteiger charge is 2.18. The largest absolute Gasteiger partial charge is 0.485 e. The zero-order valence-corrected chi connectivity index (χ0v) is 15.4. The quantitative estimate of drug-likeness (QED) is 0.614. The average molecular weight is 360 g/mol. The number of amides is 1. The van der Waals surface area contributed by atoms with E-state index in [4.69, 9.17) is 4.74 Å². The molecule has 0 aliphatic rings. The summed E-state index contributed by atoms with van der Waals surface area (Å²) < 4.78 is 6.29. The van der Waals surface area contributed by atoms with E-state index in [0.717, 1.165) is 24.2 Å². The SMILES string of the molecule is CNCCC(Oc1ccccc1C(=O)Nc1ccccc1)c1ccccc1. The van der Waals surface area contributed by atoms with Gasteiger partial charge in [-0.2, -0.15) is 0 Å². The fourth-order valence-electron chi connectivity index (χ4n) is 2.87. The molecule has 0 aliphatic heterocycles. The maximum absolute atomic E-state index is 12.8. The van der Waals surface area contributed by atoms with Crippen LogP contribution in [0.3, 0.4) is 0 Å². The van der Waals surface area contributed by atoms with Crippen molar-refractivity contribution in [3.8, 4) is 5.75 Å².